The number of rotatable bonds is 4. The van der Waals surface area contributed by atoms with Gasteiger partial charge >= 0.3 is 0 Å². The van der Waals surface area contributed by atoms with Crippen LogP contribution in [-0.2, 0) is 4.79 Å². The van der Waals surface area contributed by atoms with Crippen LogP contribution in [0.15, 0.2) is 18.2 Å². The normalized spacial score (nSPS) is 27.1. The number of amides is 2. The SMILES string of the molecule is Cc1cc(NC(=O)C2C3CCC(C3)C2N)ccc1C(=O)NC(C)C.Cl. The summed E-state index contributed by atoms with van der Waals surface area (Å²) in [5.74, 6) is 0.800. The summed E-state index contributed by atoms with van der Waals surface area (Å²) in [4.78, 5) is 24.8. The number of nitrogens with two attached hydrogens (primary N) is 1. The van der Waals surface area contributed by atoms with Gasteiger partial charge in [-0.25, -0.2) is 0 Å². The Hall–Kier alpha value is -1.59. The van der Waals surface area contributed by atoms with Gasteiger partial charge < -0.3 is 16.4 Å². The molecule has 0 aliphatic heterocycles. The van der Waals surface area contributed by atoms with Crippen LogP contribution in [0.4, 0.5) is 5.69 Å². The number of hydrogen-bond acceptors (Lipinski definition) is 3. The molecule has 0 saturated heterocycles. The van der Waals surface area contributed by atoms with Crippen LogP contribution >= 0.6 is 12.4 Å². The number of carbonyl (C=O) groups excluding carboxylic acids is 2. The Labute approximate surface area is 155 Å². The van der Waals surface area contributed by atoms with E-state index in [9.17, 15) is 9.59 Å². The van der Waals surface area contributed by atoms with E-state index in [1.165, 1.54) is 0 Å². The highest BCUT2D eigenvalue weighted by Gasteiger charge is 2.49. The largest absolute Gasteiger partial charge is 0.350 e. The van der Waals surface area contributed by atoms with Crippen molar-refractivity contribution in [2.45, 2.75) is 52.1 Å². The molecule has 5 nitrogen and oxygen atoms in total. The highest BCUT2D eigenvalue weighted by molar-refractivity contribution is 5.98. The first kappa shape index (κ1) is 19.7. The molecule has 2 bridgehead atoms. The van der Waals surface area contributed by atoms with Crippen molar-refractivity contribution in [2.24, 2.45) is 23.5 Å². The van der Waals surface area contributed by atoms with Crippen molar-refractivity contribution in [2.75, 3.05) is 5.32 Å². The lowest BCUT2D eigenvalue weighted by molar-refractivity contribution is -0.121. The first-order valence-electron chi connectivity index (χ1n) is 8.84. The summed E-state index contributed by atoms with van der Waals surface area (Å²) in [6.45, 7) is 5.74. The van der Waals surface area contributed by atoms with E-state index in [0.717, 1.165) is 30.5 Å². The molecular weight excluding hydrogens is 338 g/mol. The lowest BCUT2D eigenvalue weighted by atomic mass is 9.84. The average molecular weight is 366 g/mol. The maximum Gasteiger partial charge on any atom is 0.251 e. The number of benzene rings is 1. The van der Waals surface area contributed by atoms with Gasteiger partial charge in [-0.05, 0) is 75.6 Å². The Bertz CT molecular complexity index is 660. The average Bonchev–Trinajstić information content (AvgIpc) is 3.07. The highest BCUT2D eigenvalue weighted by Crippen LogP contribution is 2.47. The van der Waals surface area contributed by atoms with Crippen molar-refractivity contribution in [1.82, 2.24) is 5.32 Å². The molecule has 1 aromatic carbocycles. The minimum Gasteiger partial charge on any atom is -0.350 e. The van der Waals surface area contributed by atoms with Crippen molar-refractivity contribution in [3.05, 3.63) is 29.3 Å². The summed E-state index contributed by atoms with van der Waals surface area (Å²) in [5, 5.41) is 5.88. The molecule has 0 radical (unpaired) electrons. The molecule has 25 heavy (non-hydrogen) atoms. The van der Waals surface area contributed by atoms with Crippen LogP contribution in [0, 0.1) is 24.7 Å². The predicted octanol–water partition coefficient (Wildman–Crippen LogP) is 2.87. The quantitative estimate of drug-likeness (QED) is 0.767. The van der Waals surface area contributed by atoms with Gasteiger partial charge in [0.05, 0.1) is 5.92 Å². The topological polar surface area (TPSA) is 84.2 Å². The van der Waals surface area contributed by atoms with Crippen LogP contribution in [0.2, 0.25) is 0 Å². The van der Waals surface area contributed by atoms with Gasteiger partial charge in [0.1, 0.15) is 0 Å². The van der Waals surface area contributed by atoms with Gasteiger partial charge in [-0.15, -0.1) is 12.4 Å². The molecular formula is C19H28ClN3O2. The van der Waals surface area contributed by atoms with E-state index < -0.39 is 0 Å². The van der Waals surface area contributed by atoms with Crippen LogP contribution in [0.25, 0.3) is 0 Å². The van der Waals surface area contributed by atoms with Crippen molar-refractivity contribution in [3.8, 4) is 0 Å². The molecule has 6 heteroatoms. The molecule has 2 aliphatic rings. The second kappa shape index (κ2) is 7.75. The smallest absolute Gasteiger partial charge is 0.251 e. The molecule has 3 rings (SSSR count). The zero-order valence-corrected chi connectivity index (χ0v) is 15.9. The molecule has 4 unspecified atom stereocenters. The monoisotopic (exact) mass is 365 g/mol. The minimum absolute atomic E-state index is 0. The second-order valence-corrected chi connectivity index (χ2v) is 7.58. The van der Waals surface area contributed by atoms with E-state index in [0.29, 0.717) is 17.4 Å². The number of halogens is 1. The third kappa shape index (κ3) is 3.98. The van der Waals surface area contributed by atoms with Crippen LogP contribution in [-0.4, -0.2) is 23.9 Å². The van der Waals surface area contributed by atoms with Crippen molar-refractivity contribution in [1.29, 1.82) is 0 Å². The fourth-order valence-electron chi connectivity index (χ4n) is 4.29. The van der Waals surface area contributed by atoms with Crippen LogP contribution in [0.1, 0.15) is 49.0 Å². The van der Waals surface area contributed by atoms with Gasteiger partial charge in [0, 0.05) is 23.3 Å². The lowest BCUT2D eigenvalue weighted by Gasteiger charge is -2.27. The molecule has 2 fully saturated rings. The fourth-order valence-corrected chi connectivity index (χ4v) is 4.29. The maximum absolute atomic E-state index is 12.6. The standard InChI is InChI=1S/C19H27N3O2.ClH/c1-10(2)21-18(23)15-7-6-14(8-11(15)3)22-19(24)16-12-4-5-13(9-12)17(16)20;/h6-8,10,12-13,16-17H,4-5,9,20H2,1-3H3,(H,21,23)(H,22,24);1H. The molecule has 4 N–H and O–H groups in total. The van der Waals surface area contributed by atoms with E-state index in [4.69, 9.17) is 5.73 Å². The molecule has 0 heterocycles. The van der Waals surface area contributed by atoms with E-state index >= 15 is 0 Å². The Balaban J connectivity index is 0.00000225. The van der Waals surface area contributed by atoms with Gasteiger partial charge in [-0.3, -0.25) is 9.59 Å². The van der Waals surface area contributed by atoms with E-state index in [1.54, 1.807) is 12.1 Å². The minimum atomic E-state index is -0.0875. The van der Waals surface area contributed by atoms with Crippen LogP contribution < -0.4 is 16.4 Å². The Morgan fingerprint density at radius 3 is 2.44 bits per heavy atom. The fraction of sp³-hybridized carbons (Fsp3) is 0.579. The number of carbonyl (C=O) groups is 2. The summed E-state index contributed by atoms with van der Waals surface area (Å²) in [6, 6.07) is 5.49. The predicted molar refractivity (Wildman–Crippen MR) is 102 cm³/mol. The van der Waals surface area contributed by atoms with Crippen molar-refractivity contribution in [3.63, 3.8) is 0 Å². The third-order valence-electron chi connectivity index (χ3n) is 5.44. The summed E-state index contributed by atoms with van der Waals surface area (Å²) >= 11 is 0. The summed E-state index contributed by atoms with van der Waals surface area (Å²) in [6.07, 6.45) is 3.37. The number of anilines is 1. The maximum atomic E-state index is 12.6. The summed E-state index contributed by atoms with van der Waals surface area (Å²) < 4.78 is 0. The zero-order chi connectivity index (χ0) is 17.4. The molecule has 1 aromatic rings. The summed E-state index contributed by atoms with van der Waals surface area (Å²) in [7, 11) is 0. The molecule has 0 spiro atoms. The molecule has 2 aliphatic carbocycles. The number of fused-ring (bicyclic) bond motifs is 2. The summed E-state index contributed by atoms with van der Waals surface area (Å²) in [5.41, 5.74) is 8.46. The van der Waals surface area contributed by atoms with Gasteiger partial charge in [0.25, 0.3) is 5.91 Å². The first-order valence-corrected chi connectivity index (χ1v) is 8.84. The molecule has 138 valence electrons. The van der Waals surface area contributed by atoms with Crippen LogP contribution in [0.3, 0.4) is 0 Å². The van der Waals surface area contributed by atoms with Crippen LogP contribution in [0.5, 0.6) is 0 Å². The zero-order valence-electron chi connectivity index (χ0n) is 15.0. The van der Waals surface area contributed by atoms with Crippen molar-refractivity contribution < 1.29 is 9.59 Å². The molecule has 4 atom stereocenters. The first-order chi connectivity index (χ1) is 11.4. The molecule has 2 amide bonds. The number of aryl methyl sites for hydroxylation is 1. The Morgan fingerprint density at radius 2 is 1.88 bits per heavy atom. The van der Waals surface area contributed by atoms with Gasteiger partial charge in [0.2, 0.25) is 5.91 Å². The lowest BCUT2D eigenvalue weighted by Crippen LogP contribution is -2.42. The number of nitrogens with one attached hydrogen (secondary N) is 2. The number of hydrogen-bond donors (Lipinski definition) is 3. The van der Waals surface area contributed by atoms with Crippen molar-refractivity contribution >= 4 is 29.9 Å². The van der Waals surface area contributed by atoms with E-state index in [2.05, 4.69) is 10.6 Å². The highest BCUT2D eigenvalue weighted by atomic mass is 35.5. The van der Waals surface area contributed by atoms with Gasteiger partial charge in [-0.1, -0.05) is 0 Å². The molecule has 2 saturated carbocycles. The Kier molecular flexibility index (Phi) is 6.12. The molecule has 0 aromatic heterocycles. The Morgan fingerprint density at radius 1 is 1.20 bits per heavy atom. The van der Waals surface area contributed by atoms with E-state index in [1.807, 2.05) is 26.8 Å². The third-order valence-corrected chi connectivity index (χ3v) is 5.44. The van der Waals surface area contributed by atoms with Gasteiger partial charge in [-0.2, -0.15) is 0 Å². The van der Waals surface area contributed by atoms with Gasteiger partial charge in [0.15, 0.2) is 0 Å². The van der Waals surface area contributed by atoms with E-state index in [-0.39, 0.29) is 42.2 Å². The second-order valence-electron chi connectivity index (χ2n) is 7.58.